The number of nitrogens with zero attached hydrogens (tertiary/aromatic N) is 2. The van der Waals surface area contributed by atoms with Gasteiger partial charge in [0.05, 0.1) is 5.41 Å². The predicted molar refractivity (Wildman–Crippen MR) is 92.3 cm³/mol. The van der Waals surface area contributed by atoms with E-state index in [2.05, 4.69) is 11.9 Å². The maximum atomic E-state index is 13.2. The van der Waals surface area contributed by atoms with Crippen molar-refractivity contribution in [3.63, 3.8) is 0 Å². The molecule has 1 aromatic heterocycles. The maximum absolute atomic E-state index is 13.2. The smallest absolute Gasteiger partial charge is 0.233 e. The Morgan fingerprint density at radius 2 is 2.00 bits per heavy atom. The third-order valence-corrected chi connectivity index (χ3v) is 4.69. The summed E-state index contributed by atoms with van der Waals surface area (Å²) in [6.45, 7) is 3.49. The molecule has 23 heavy (non-hydrogen) atoms. The summed E-state index contributed by atoms with van der Waals surface area (Å²) in [5.74, 6) is 0.227. The Morgan fingerprint density at radius 1 is 1.26 bits per heavy atom. The second-order valence-electron chi connectivity index (χ2n) is 6.18. The van der Waals surface area contributed by atoms with E-state index in [0.29, 0.717) is 11.6 Å². The van der Waals surface area contributed by atoms with Gasteiger partial charge in [0.25, 0.3) is 0 Å². The molecule has 0 atom stereocenters. The van der Waals surface area contributed by atoms with Gasteiger partial charge in [0.1, 0.15) is 0 Å². The van der Waals surface area contributed by atoms with E-state index in [0.717, 1.165) is 36.9 Å². The Morgan fingerprint density at radius 3 is 2.57 bits per heavy atom. The molecule has 1 amide bonds. The highest BCUT2D eigenvalue weighted by atomic mass is 35.5. The molecule has 0 unspecified atom stereocenters. The summed E-state index contributed by atoms with van der Waals surface area (Å²) in [7, 11) is 0. The van der Waals surface area contributed by atoms with Crippen molar-refractivity contribution < 1.29 is 4.79 Å². The molecule has 0 bridgehead atoms. The summed E-state index contributed by atoms with van der Waals surface area (Å²) in [5.41, 5.74) is 1.81. The Kier molecular flexibility index (Phi) is 4.67. The summed E-state index contributed by atoms with van der Waals surface area (Å²) in [4.78, 5) is 19.3. The molecule has 3 nitrogen and oxygen atoms in total. The Bertz CT molecular complexity index is 666. The molecule has 0 N–H and O–H groups in total. The fourth-order valence-electron chi connectivity index (χ4n) is 3.06. The van der Waals surface area contributed by atoms with Crippen molar-refractivity contribution in [3.8, 4) is 0 Å². The topological polar surface area (TPSA) is 33.2 Å². The molecule has 1 heterocycles. The SMILES string of the molecule is CCCN(Cc1cccnc1)C(=O)C1(c2ccc(Cl)cc2)CC1. The second-order valence-corrected chi connectivity index (χ2v) is 6.61. The average molecular weight is 329 g/mol. The highest BCUT2D eigenvalue weighted by Crippen LogP contribution is 2.50. The lowest BCUT2D eigenvalue weighted by molar-refractivity contribution is -0.134. The number of carbonyl (C=O) groups is 1. The first-order valence-corrected chi connectivity index (χ1v) is 8.48. The largest absolute Gasteiger partial charge is 0.338 e. The summed E-state index contributed by atoms with van der Waals surface area (Å²) in [6, 6.07) is 11.6. The van der Waals surface area contributed by atoms with Crippen molar-refractivity contribution in [2.75, 3.05) is 6.54 Å². The lowest BCUT2D eigenvalue weighted by atomic mass is 9.94. The van der Waals surface area contributed by atoms with Gasteiger partial charge in [-0.05, 0) is 48.6 Å². The molecular weight excluding hydrogens is 308 g/mol. The summed E-state index contributed by atoms with van der Waals surface area (Å²) in [6.07, 6.45) is 6.37. The van der Waals surface area contributed by atoms with E-state index >= 15 is 0 Å². The monoisotopic (exact) mass is 328 g/mol. The van der Waals surface area contributed by atoms with Crippen LogP contribution in [0.5, 0.6) is 0 Å². The van der Waals surface area contributed by atoms with Crippen LogP contribution >= 0.6 is 11.6 Å². The fraction of sp³-hybridized carbons (Fsp3) is 0.368. The molecule has 120 valence electrons. The summed E-state index contributed by atoms with van der Waals surface area (Å²) >= 11 is 5.98. The number of benzene rings is 1. The molecule has 1 aliphatic carbocycles. The van der Waals surface area contributed by atoms with Crippen molar-refractivity contribution in [1.29, 1.82) is 0 Å². The normalized spacial score (nSPS) is 15.2. The zero-order chi connectivity index (χ0) is 16.3. The first-order valence-electron chi connectivity index (χ1n) is 8.10. The van der Waals surface area contributed by atoms with Gasteiger partial charge in [0, 0.05) is 30.5 Å². The van der Waals surface area contributed by atoms with E-state index in [1.54, 1.807) is 6.20 Å². The van der Waals surface area contributed by atoms with E-state index in [9.17, 15) is 4.79 Å². The molecular formula is C19H21ClN2O. The minimum absolute atomic E-state index is 0.227. The third kappa shape index (κ3) is 3.40. The van der Waals surface area contributed by atoms with Crippen LogP contribution in [-0.4, -0.2) is 22.3 Å². The van der Waals surface area contributed by atoms with E-state index in [1.807, 2.05) is 47.5 Å². The van der Waals surface area contributed by atoms with Gasteiger partial charge >= 0.3 is 0 Å². The maximum Gasteiger partial charge on any atom is 0.233 e. The van der Waals surface area contributed by atoms with Gasteiger partial charge in [-0.15, -0.1) is 0 Å². The molecule has 1 fully saturated rings. The lowest BCUT2D eigenvalue weighted by Gasteiger charge is -2.27. The Balaban J connectivity index is 1.82. The molecule has 2 aromatic rings. The predicted octanol–water partition coefficient (Wildman–Crippen LogP) is 4.21. The number of halogens is 1. The van der Waals surface area contributed by atoms with E-state index in [-0.39, 0.29) is 11.3 Å². The van der Waals surface area contributed by atoms with Gasteiger partial charge in [0.15, 0.2) is 0 Å². The van der Waals surface area contributed by atoms with Crippen LogP contribution in [0.15, 0.2) is 48.8 Å². The van der Waals surface area contributed by atoms with Crippen LogP contribution in [0.4, 0.5) is 0 Å². The number of hydrogen-bond acceptors (Lipinski definition) is 2. The van der Waals surface area contributed by atoms with Gasteiger partial charge in [-0.3, -0.25) is 9.78 Å². The van der Waals surface area contributed by atoms with Crippen LogP contribution in [0.3, 0.4) is 0 Å². The van der Waals surface area contributed by atoms with Crippen LogP contribution in [0, 0.1) is 0 Å². The van der Waals surface area contributed by atoms with Crippen molar-refractivity contribution in [3.05, 3.63) is 64.9 Å². The highest BCUT2D eigenvalue weighted by Gasteiger charge is 2.52. The number of pyridine rings is 1. The molecule has 3 rings (SSSR count). The van der Waals surface area contributed by atoms with Crippen LogP contribution < -0.4 is 0 Å². The number of hydrogen-bond donors (Lipinski definition) is 0. The molecule has 0 spiro atoms. The molecule has 1 aliphatic rings. The van der Waals surface area contributed by atoms with Crippen LogP contribution in [0.2, 0.25) is 5.02 Å². The van der Waals surface area contributed by atoms with Gasteiger partial charge in [-0.1, -0.05) is 36.7 Å². The zero-order valence-electron chi connectivity index (χ0n) is 13.3. The first-order chi connectivity index (χ1) is 11.2. The number of aromatic nitrogens is 1. The first kappa shape index (κ1) is 16.0. The van der Waals surface area contributed by atoms with Crippen LogP contribution in [0.1, 0.15) is 37.3 Å². The Labute approximate surface area is 142 Å². The van der Waals surface area contributed by atoms with E-state index < -0.39 is 0 Å². The molecule has 0 radical (unpaired) electrons. The Hall–Kier alpha value is -1.87. The number of rotatable bonds is 6. The van der Waals surface area contributed by atoms with Gasteiger partial charge < -0.3 is 4.90 Å². The summed E-state index contributed by atoms with van der Waals surface area (Å²) < 4.78 is 0. The zero-order valence-corrected chi connectivity index (χ0v) is 14.1. The number of amides is 1. The van der Waals surface area contributed by atoms with Gasteiger partial charge in [0.2, 0.25) is 5.91 Å². The van der Waals surface area contributed by atoms with Crippen LogP contribution in [-0.2, 0) is 16.8 Å². The molecule has 4 heteroatoms. The van der Waals surface area contributed by atoms with Gasteiger partial charge in [-0.25, -0.2) is 0 Å². The fourth-order valence-corrected chi connectivity index (χ4v) is 3.18. The van der Waals surface area contributed by atoms with Crippen LogP contribution in [0.25, 0.3) is 0 Å². The summed E-state index contributed by atoms with van der Waals surface area (Å²) in [5, 5.41) is 0.706. The quantitative estimate of drug-likeness (QED) is 0.796. The molecule has 1 saturated carbocycles. The minimum Gasteiger partial charge on any atom is -0.338 e. The standard InChI is InChI=1S/C19H21ClN2O/c1-2-12-22(14-15-4-3-11-21-13-15)18(23)19(9-10-19)16-5-7-17(20)8-6-16/h3-8,11,13H,2,9-10,12,14H2,1H3. The van der Waals surface area contributed by atoms with Crippen molar-refractivity contribution in [2.45, 2.75) is 38.1 Å². The molecule has 0 aliphatic heterocycles. The molecule has 0 saturated heterocycles. The van der Waals surface area contributed by atoms with Crippen molar-refractivity contribution >= 4 is 17.5 Å². The lowest BCUT2D eigenvalue weighted by Crippen LogP contribution is -2.39. The third-order valence-electron chi connectivity index (χ3n) is 4.43. The highest BCUT2D eigenvalue weighted by molar-refractivity contribution is 6.30. The van der Waals surface area contributed by atoms with Gasteiger partial charge in [-0.2, -0.15) is 0 Å². The second kappa shape index (κ2) is 6.71. The average Bonchev–Trinajstić information content (AvgIpc) is 3.37. The van der Waals surface area contributed by atoms with Crippen molar-refractivity contribution in [1.82, 2.24) is 9.88 Å². The molecule has 1 aromatic carbocycles. The minimum atomic E-state index is -0.345. The van der Waals surface area contributed by atoms with E-state index in [1.165, 1.54) is 0 Å². The van der Waals surface area contributed by atoms with E-state index in [4.69, 9.17) is 11.6 Å². The number of carbonyl (C=O) groups excluding carboxylic acids is 1. The van der Waals surface area contributed by atoms with Crippen molar-refractivity contribution in [2.24, 2.45) is 0 Å².